The zero-order valence-corrected chi connectivity index (χ0v) is 12.8. The molecule has 0 saturated carbocycles. The van der Waals surface area contributed by atoms with E-state index in [1.807, 2.05) is 38.1 Å². The van der Waals surface area contributed by atoms with Crippen LogP contribution in [0.4, 0.5) is 0 Å². The average Bonchev–Trinajstić information content (AvgIpc) is 2.68. The molecule has 0 spiro atoms. The molecule has 0 aliphatic carbocycles. The van der Waals surface area contributed by atoms with Gasteiger partial charge < -0.3 is 9.84 Å². The topological polar surface area (TPSA) is 63.6 Å². The summed E-state index contributed by atoms with van der Waals surface area (Å²) >= 11 is 0. The predicted molar refractivity (Wildman–Crippen MR) is 78.5 cm³/mol. The smallest absolute Gasteiger partial charge is 0.150 e. The largest absolute Gasteiger partial charge is 0.491 e. The number of aliphatic hydroxyl groups is 1. The summed E-state index contributed by atoms with van der Waals surface area (Å²) in [6, 6.07) is 7.35. The first-order chi connectivity index (χ1) is 9.35. The van der Waals surface area contributed by atoms with E-state index in [0.717, 1.165) is 11.3 Å². The summed E-state index contributed by atoms with van der Waals surface area (Å²) < 4.78 is 28.4. The molecule has 2 atom stereocenters. The van der Waals surface area contributed by atoms with E-state index in [1.54, 1.807) is 0 Å². The SMILES string of the molecule is CC(C)Oc1ccc(C(O)CC2CCS(=O)(=O)C2)cc1. The zero-order chi connectivity index (χ0) is 14.8. The first-order valence-electron chi connectivity index (χ1n) is 7.01. The fourth-order valence-corrected chi connectivity index (χ4v) is 4.43. The Labute approximate surface area is 120 Å². The maximum absolute atomic E-state index is 11.4. The summed E-state index contributed by atoms with van der Waals surface area (Å²) in [7, 11) is -2.87. The minimum absolute atomic E-state index is 0.0709. The highest BCUT2D eigenvalue weighted by Crippen LogP contribution is 2.29. The third kappa shape index (κ3) is 4.21. The second kappa shape index (κ2) is 6.14. The van der Waals surface area contributed by atoms with Crippen molar-refractivity contribution >= 4 is 9.84 Å². The highest BCUT2D eigenvalue weighted by Gasteiger charge is 2.29. The molecule has 2 rings (SSSR count). The Kier molecular flexibility index (Phi) is 4.70. The van der Waals surface area contributed by atoms with Gasteiger partial charge in [0, 0.05) is 0 Å². The highest BCUT2D eigenvalue weighted by atomic mass is 32.2. The molecule has 1 aromatic rings. The van der Waals surface area contributed by atoms with Gasteiger partial charge in [0.25, 0.3) is 0 Å². The van der Waals surface area contributed by atoms with Crippen LogP contribution in [0.2, 0.25) is 0 Å². The summed E-state index contributed by atoms with van der Waals surface area (Å²) in [5.74, 6) is 1.31. The van der Waals surface area contributed by atoms with Crippen LogP contribution >= 0.6 is 0 Å². The Morgan fingerprint density at radius 1 is 1.30 bits per heavy atom. The monoisotopic (exact) mass is 298 g/mol. The van der Waals surface area contributed by atoms with Crippen LogP contribution in [0, 0.1) is 5.92 Å². The molecule has 20 heavy (non-hydrogen) atoms. The van der Waals surface area contributed by atoms with Crippen molar-refractivity contribution in [1.82, 2.24) is 0 Å². The van der Waals surface area contributed by atoms with Gasteiger partial charge in [0.1, 0.15) is 5.75 Å². The molecule has 1 aliphatic heterocycles. The standard InChI is InChI=1S/C15H22O4S/c1-11(2)19-14-5-3-13(4-6-14)15(16)9-12-7-8-20(17,18)10-12/h3-6,11-12,15-16H,7-10H2,1-2H3. The Morgan fingerprint density at radius 2 is 1.95 bits per heavy atom. The number of ether oxygens (including phenoxy) is 1. The first kappa shape index (κ1) is 15.3. The van der Waals surface area contributed by atoms with Gasteiger partial charge in [-0.25, -0.2) is 8.42 Å². The number of rotatable bonds is 5. The Hall–Kier alpha value is -1.07. The van der Waals surface area contributed by atoms with Crippen molar-refractivity contribution in [2.75, 3.05) is 11.5 Å². The van der Waals surface area contributed by atoms with Gasteiger partial charge in [0.05, 0.1) is 23.7 Å². The molecule has 1 saturated heterocycles. The van der Waals surface area contributed by atoms with E-state index < -0.39 is 15.9 Å². The molecule has 1 aliphatic rings. The van der Waals surface area contributed by atoms with Crippen molar-refractivity contribution in [2.24, 2.45) is 5.92 Å². The molecule has 112 valence electrons. The Balaban J connectivity index is 1.94. The van der Waals surface area contributed by atoms with E-state index in [1.165, 1.54) is 0 Å². The Morgan fingerprint density at radius 3 is 2.45 bits per heavy atom. The summed E-state index contributed by atoms with van der Waals surface area (Å²) in [6.45, 7) is 3.92. The van der Waals surface area contributed by atoms with E-state index in [-0.39, 0.29) is 23.5 Å². The molecule has 1 aromatic carbocycles. The second-order valence-electron chi connectivity index (χ2n) is 5.76. The van der Waals surface area contributed by atoms with Crippen molar-refractivity contribution in [2.45, 2.75) is 38.9 Å². The van der Waals surface area contributed by atoms with E-state index in [2.05, 4.69) is 0 Å². The van der Waals surface area contributed by atoms with Gasteiger partial charge in [-0.3, -0.25) is 0 Å². The van der Waals surface area contributed by atoms with Gasteiger partial charge in [-0.15, -0.1) is 0 Å². The van der Waals surface area contributed by atoms with Gasteiger partial charge in [0.15, 0.2) is 9.84 Å². The molecule has 1 heterocycles. The van der Waals surface area contributed by atoms with Gasteiger partial charge in [-0.2, -0.15) is 0 Å². The van der Waals surface area contributed by atoms with Gasteiger partial charge in [-0.1, -0.05) is 12.1 Å². The molecule has 1 N–H and O–H groups in total. The molecule has 5 heteroatoms. The van der Waals surface area contributed by atoms with Crippen LogP contribution in [-0.2, 0) is 9.84 Å². The zero-order valence-electron chi connectivity index (χ0n) is 12.0. The molecule has 0 radical (unpaired) electrons. The van der Waals surface area contributed by atoms with Crippen LogP contribution in [0.15, 0.2) is 24.3 Å². The third-order valence-corrected chi connectivity index (χ3v) is 5.36. The normalized spacial score (nSPS) is 22.9. The van der Waals surface area contributed by atoms with Gasteiger partial charge in [0.2, 0.25) is 0 Å². The number of aliphatic hydroxyl groups excluding tert-OH is 1. The lowest BCUT2D eigenvalue weighted by Crippen LogP contribution is -2.10. The Bertz CT molecular complexity index is 533. The highest BCUT2D eigenvalue weighted by molar-refractivity contribution is 7.91. The van der Waals surface area contributed by atoms with Gasteiger partial charge in [-0.05, 0) is 50.3 Å². The molecular formula is C15H22O4S. The molecule has 1 fully saturated rings. The summed E-state index contributed by atoms with van der Waals surface area (Å²) in [4.78, 5) is 0. The first-order valence-corrected chi connectivity index (χ1v) is 8.83. The van der Waals surface area contributed by atoms with Crippen LogP contribution in [0.1, 0.15) is 38.4 Å². The van der Waals surface area contributed by atoms with Crippen molar-refractivity contribution in [3.63, 3.8) is 0 Å². The molecule has 0 aromatic heterocycles. The van der Waals surface area contributed by atoms with Crippen molar-refractivity contribution in [1.29, 1.82) is 0 Å². The predicted octanol–water partition coefficient (Wildman–Crippen LogP) is 2.33. The molecule has 0 amide bonds. The maximum Gasteiger partial charge on any atom is 0.150 e. The van der Waals surface area contributed by atoms with E-state index in [9.17, 15) is 13.5 Å². The van der Waals surface area contributed by atoms with Crippen molar-refractivity contribution < 1.29 is 18.3 Å². The van der Waals surface area contributed by atoms with Crippen LogP contribution in [0.5, 0.6) is 5.75 Å². The van der Waals surface area contributed by atoms with Crippen molar-refractivity contribution in [3.8, 4) is 5.75 Å². The summed E-state index contributed by atoms with van der Waals surface area (Å²) in [5, 5.41) is 10.2. The quantitative estimate of drug-likeness (QED) is 0.906. The lowest BCUT2D eigenvalue weighted by atomic mass is 9.96. The van der Waals surface area contributed by atoms with E-state index in [0.29, 0.717) is 12.8 Å². The van der Waals surface area contributed by atoms with Crippen LogP contribution < -0.4 is 4.74 Å². The lowest BCUT2D eigenvalue weighted by Gasteiger charge is -2.16. The third-order valence-electron chi connectivity index (χ3n) is 3.52. The van der Waals surface area contributed by atoms with Crippen LogP contribution in [0.3, 0.4) is 0 Å². The fraction of sp³-hybridized carbons (Fsp3) is 0.600. The average molecular weight is 298 g/mol. The number of sulfone groups is 1. The number of hydrogen-bond acceptors (Lipinski definition) is 4. The lowest BCUT2D eigenvalue weighted by molar-refractivity contribution is 0.148. The molecular weight excluding hydrogens is 276 g/mol. The van der Waals surface area contributed by atoms with E-state index in [4.69, 9.17) is 4.74 Å². The second-order valence-corrected chi connectivity index (χ2v) is 7.98. The molecule has 2 unspecified atom stereocenters. The summed E-state index contributed by atoms with van der Waals surface area (Å²) in [5.41, 5.74) is 0.811. The number of hydrogen-bond donors (Lipinski definition) is 1. The molecule has 0 bridgehead atoms. The minimum atomic E-state index is -2.87. The van der Waals surface area contributed by atoms with Crippen molar-refractivity contribution in [3.05, 3.63) is 29.8 Å². The number of benzene rings is 1. The summed E-state index contributed by atoms with van der Waals surface area (Å²) in [6.07, 6.45) is 0.674. The van der Waals surface area contributed by atoms with Crippen LogP contribution in [-0.4, -0.2) is 31.1 Å². The molecule has 4 nitrogen and oxygen atoms in total. The van der Waals surface area contributed by atoms with Gasteiger partial charge >= 0.3 is 0 Å². The maximum atomic E-state index is 11.4. The fourth-order valence-electron chi connectivity index (χ4n) is 2.55. The van der Waals surface area contributed by atoms with E-state index >= 15 is 0 Å². The van der Waals surface area contributed by atoms with Crippen LogP contribution in [0.25, 0.3) is 0 Å². The minimum Gasteiger partial charge on any atom is -0.491 e.